The summed E-state index contributed by atoms with van der Waals surface area (Å²) >= 11 is 0. The Kier molecular flexibility index (Phi) is 3.82. The van der Waals surface area contributed by atoms with Crippen LogP contribution in [0.15, 0.2) is 12.1 Å². The first kappa shape index (κ1) is 13.2. The molecule has 0 aromatic heterocycles. The highest BCUT2D eigenvalue weighted by atomic mass is 19.1. The second-order valence-corrected chi connectivity index (χ2v) is 4.82. The molecule has 1 aliphatic heterocycles. The lowest BCUT2D eigenvalue weighted by Gasteiger charge is -2.28. The van der Waals surface area contributed by atoms with E-state index in [2.05, 4.69) is 0 Å². The van der Waals surface area contributed by atoms with Crippen molar-refractivity contribution in [2.45, 2.75) is 25.9 Å². The van der Waals surface area contributed by atoms with Crippen molar-refractivity contribution in [2.24, 2.45) is 11.7 Å². The lowest BCUT2D eigenvalue weighted by molar-refractivity contribution is 0.244. The molecule has 0 bridgehead atoms. The van der Waals surface area contributed by atoms with Crippen LogP contribution >= 0.6 is 0 Å². The van der Waals surface area contributed by atoms with E-state index < -0.39 is 11.6 Å². The standard InChI is InChI=1S/C13H18F2N2O/c1-8-2-3-17(12(8)7-18)13-10(14)4-9(6-16)5-11(13)15/h4-5,8,12,18H,2-3,6-7,16H2,1H3. The Morgan fingerprint density at radius 1 is 1.39 bits per heavy atom. The molecule has 1 fully saturated rings. The van der Waals surface area contributed by atoms with Gasteiger partial charge in [-0.2, -0.15) is 0 Å². The van der Waals surface area contributed by atoms with Crippen LogP contribution in [0.5, 0.6) is 0 Å². The summed E-state index contributed by atoms with van der Waals surface area (Å²) in [7, 11) is 0. The molecule has 2 rings (SSSR count). The molecule has 1 aromatic carbocycles. The maximum atomic E-state index is 14.0. The number of aliphatic hydroxyl groups excluding tert-OH is 1. The number of halogens is 2. The molecule has 1 saturated heterocycles. The van der Waals surface area contributed by atoms with Gasteiger partial charge in [0, 0.05) is 13.1 Å². The van der Waals surface area contributed by atoms with E-state index in [4.69, 9.17) is 5.73 Å². The first-order valence-corrected chi connectivity index (χ1v) is 6.14. The highest BCUT2D eigenvalue weighted by Crippen LogP contribution is 2.33. The average Bonchev–Trinajstić information content (AvgIpc) is 2.69. The van der Waals surface area contributed by atoms with Gasteiger partial charge >= 0.3 is 0 Å². The van der Waals surface area contributed by atoms with Gasteiger partial charge in [0.2, 0.25) is 0 Å². The van der Waals surface area contributed by atoms with Gasteiger partial charge in [0.15, 0.2) is 0 Å². The Morgan fingerprint density at radius 3 is 2.50 bits per heavy atom. The number of rotatable bonds is 3. The minimum atomic E-state index is -0.608. The highest BCUT2D eigenvalue weighted by Gasteiger charge is 2.33. The molecule has 2 unspecified atom stereocenters. The predicted octanol–water partition coefficient (Wildman–Crippen LogP) is 1.63. The summed E-state index contributed by atoms with van der Waals surface area (Å²) < 4.78 is 27.9. The van der Waals surface area contributed by atoms with Crippen molar-refractivity contribution in [3.05, 3.63) is 29.3 Å². The average molecular weight is 256 g/mol. The molecule has 100 valence electrons. The number of anilines is 1. The molecule has 3 N–H and O–H groups in total. The van der Waals surface area contributed by atoms with Gasteiger partial charge in [-0.3, -0.25) is 0 Å². The van der Waals surface area contributed by atoms with Crippen LogP contribution in [-0.2, 0) is 6.54 Å². The molecule has 0 spiro atoms. The SMILES string of the molecule is CC1CCN(c2c(F)cc(CN)cc2F)C1CO. The second kappa shape index (κ2) is 5.20. The van der Waals surface area contributed by atoms with Gasteiger partial charge in [0.05, 0.1) is 12.6 Å². The minimum Gasteiger partial charge on any atom is -0.394 e. The second-order valence-electron chi connectivity index (χ2n) is 4.82. The highest BCUT2D eigenvalue weighted by molar-refractivity contribution is 5.52. The van der Waals surface area contributed by atoms with Gasteiger partial charge in [0.1, 0.15) is 17.3 Å². The van der Waals surface area contributed by atoms with Gasteiger partial charge in [-0.1, -0.05) is 6.92 Å². The zero-order valence-corrected chi connectivity index (χ0v) is 10.4. The zero-order valence-electron chi connectivity index (χ0n) is 10.4. The third kappa shape index (κ3) is 2.20. The number of hydrogen-bond acceptors (Lipinski definition) is 3. The van der Waals surface area contributed by atoms with E-state index in [0.717, 1.165) is 6.42 Å². The summed E-state index contributed by atoms with van der Waals surface area (Å²) in [6.07, 6.45) is 0.822. The Bertz CT molecular complexity index is 416. The Morgan fingerprint density at radius 2 is 2.00 bits per heavy atom. The quantitative estimate of drug-likeness (QED) is 0.864. The Hall–Kier alpha value is -1.20. The van der Waals surface area contributed by atoms with Crippen LogP contribution in [0.25, 0.3) is 0 Å². The van der Waals surface area contributed by atoms with Gasteiger partial charge in [-0.25, -0.2) is 8.78 Å². The molecule has 1 aliphatic rings. The number of hydrogen-bond donors (Lipinski definition) is 2. The van der Waals surface area contributed by atoms with E-state index in [-0.39, 0.29) is 30.8 Å². The molecular weight excluding hydrogens is 238 g/mol. The van der Waals surface area contributed by atoms with Crippen molar-refractivity contribution in [3.8, 4) is 0 Å². The molecule has 0 saturated carbocycles. The van der Waals surface area contributed by atoms with Crippen LogP contribution in [0, 0.1) is 17.6 Å². The van der Waals surface area contributed by atoms with Crippen LogP contribution in [0.4, 0.5) is 14.5 Å². The molecular formula is C13H18F2N2O. The first-order chi connectivity index (χ1) is 8.58. The molecule has 0 radical (unpaired) electrons. The summed E-state index contributed by atoms with van der Waals surface area (Å²) in [4.78, 5) is 1.62. The van der Waals surface area contributed by atoms with E-state index >= 15 is 0 Å². The number of nitrogens with zero attached hydrogens (tertiary/aromatic N) is 1. The molecule has 5 heteroatoms. The molecule has 3 nitrogen and oxygen atoms in total. The summed E-state index contributed by atoms with van der Waals surface area (Å²) in [5.41, 5.74) is 5.77. The lowest BCUT2D eigenvalue weighted by Crippen LogP contribution is -2.36. The Labute approximate surface area is 105 Å². The fourth-order valence-corrected chi connectivity index (χ4v) is 2.57. The molecule has 2 atom stereocenters. The van der Waals surface area contributed by atoms with Crippen molar-refractivity contribution in [3.63, 3.8) is 0 Å². The van der Waals surface area contributed by atoms with Gasteiger partial charge in [-0.05, 0) is 30.0 Å². The van der Waals surface area contributed by atoms with Crippen LogP contribution in [0.3, 0.4) is 0 Å². The monoisotopic (exact) mass is 256 g/mol. The van der Waals surface area contributed by atoms with Crippen LogP contribution in [0.2, 0.25) is 0 Å². The van der Waals surface area contributed by atoms with Gasteiger partial charge < -0.3 is 15.7 Å². The minimum absolute atomic E-state index is 0.0457. The lowest BCUT2D eigenvalue weighted by atomic mass is 10.0. The van der Waals surface area contributed by atoms with Crippen molar-refractivity contribution in [2.75, 3.05) is 18.1 Å². The fourth-order valence-electron chi connectivity index (χ4n) is 2.57. The normalized spacial score (nSPS) is 23.7. The summed E-state index contributed by atoms with van der Waals surface area (Å²) in [5, 5.41) is 9.34. The fraction of sp³-hybridized carbons (Fsp3) is 0.538. The molecule has 1 aromatic rings. The molecule has 1 heterocycles. The predicted molar refractivity (Wildman–Crippen MR) is 66.3 cm³/mol. The number of benzene rings is 1. The number of nitrogens with two attached hydrogens (primary N) is 1. The van der Waals surface area contributed by atoms with Crippen LogP contribution in [0.1, 0.15) is 18.9 Å². The maximum absolute atomic E-state index is 14.0. The maximum Gasteiger partial charge on any atom is 0.149 e. The van der Waals surface area contributed by atoms with E-state index in [1.807, 2.05) is 6.92 Å². The van der Waals surface area contributed by atoms with Crippen LogP contribution < -0.4 is 10.6 Å². The molecule has 0 aliphatic carbocycles. The van der Waals surface area contributed by atoms with Crippen molar-refractivity contribution < 1.29 is 13.9 Å². The molecule has 18 heavy (non-hydrogen) atoms. The van der Waals surface area contributed by atoms with Gasteiger partial charge in [0.25, 0.3) is 0 Å². The van der Waals surface area contributed by atoms with E-state index in [0.29, 0.717) is 12.1 Å². The van der Waals surface area contributed by atoms with E-state index in [9.17, 15) is 13.9 Å². The van der Waals surface area contributed by atoms with E-state index in [1.54, 1.807) is 4.90 Å². The largest absolute Gasteiger partial charge is 0.394 e. The van der Waals surface area contributed by atoms with Crippen molar-refractivity contribution in [1.29, 1.82) is 0 Å². The smallest absolute Gasteiger partial charge is 0.149 e. The van der Waals surface area contributed by atoms with Gasteiger partial charge in [-0.15, -0.1) is 0 Å². The summed E-state index contributed by atoms with van der Waals surface area (Å²) in [6.45, 7) is 2.54. The van der Waals surface area contributed by atoms with Crippen molar-refractivity contribution in [1.82, 2.24) is 0 Å². The zero-order chi connectivity index (χ0) is 13.3. The molecule has 0 amide bonds. The third-order valence-electron chi connectivity index (χ3n) is 3.67. The topological polar surface area (TPSA) is 49.5 Å². The van der Waals surface area contributed by atoms with Crippen LogP contribution in [-0.4, -0.2) is 24.3 Å². The summed E-state index contributed by atoms with van der Waals surface area (Å²) in [5.74, 6) is -0.992. The number of aliphatic hydroxyl groups is 1. The van der Waals surface area contributed by atoms with E-state index in [1.165, 1.54) is 12.1 Å². The first-order valence-electron chi connectivity index (χ1n) is 6.14. The Balaban J connectivity index is 2.39. The summed E-state index contributed by atoms with van der Waals surface area (Å²) in [6, 6.07) is 2.30. The third-order valence-corrected chi connectivity index (χ3v) is 3.67. The van der Waals surface area contributed by atoms with Crippen molar-refractivity contribution >= 4 is 5.69 Å².